The molecule has 1 aliphatic heterocycles. The molecule has 0 bridgehead atoms. The van der Waals surface area contributed by atoms with Crippen LogP contribution in [0.3, 0.4) is 0 Å². The minimum atomic E-state index is -4.83. The van der Waals surface area contributed by atoms with Crippen LogP contribution in [-0.4, -0.2) is 28.3 Å². The Bertz CT molecular complexity index is 1510. The van der Waals surface area contributed by atoms with Gasteiger partial charge in [-0.1, -0.05) is 54.6 Å². The molecule has 4 aromatic rings. The lowest BCUT2D eigenvalue weighted by molar-refractivity contribution is -0.116. The van der Waals surface area contributed by atoms with Crippen molar-refractivity contribution in [2.45, 2.75) is 12.7 Å². The van der Waals surface area contributed by atoms with Crippen LogP contribution in [0, 0.1) is 0 Å². The molecule has 2 amide bonds. The number of alkyl halides is 3. The van der Waals surface area contributed by atoms with Gasteiger partial charge in [0, 0.05) is 28.4 Å². The minimum Gasteiger partial charge on any atom is -0.337 e. The van der Waals surface area contributed by atoms with Gasteiger partial charge in [-0.2, -0.15) is 23.3 Å². The topological polar surface area (TPSA) is 66.7 Å². The van der Waals surface area contributed by atoms with Gasteiger partial charge >= 0.3 is 6.18 Å². The van der Waals surface area contributed by atoms with E-state index in [1.807, 2.05) is 6.07 Å². The van der Waals surface area contributed by atoms with Gasteiger partial charge in [-0.25, -0.2) is 0 Å². The van der Waals surface area contributed by atoms with Crippen LogP contribution in [0.4, 0.5) is 24.5 Å². The molecule has 9 heteroatoms. The lowest BCUT2D eigenvalue weighted by Crippen LogP contribution is -2.25. The predicted octanol–water partition coefficient (Wildman–Crippen LogP) is 5.63. The summed E-state index contributed by atoms with van der Waals surface area (Å²) >= 11 is 0. The van der Waals surface area contributed by atoms with E-state index in [0.717, 1.165) is 5.01 Å². The standard InChI is InChI=1S/C27H19F3N4O2/c28-27(29,30)25-22(26(36)34(32-25)20-11-5-2-6-12-20)15-18-16-33(23-14-8-7-13-21(18)23)17-24(35)31-19-9-3-1-4-10-19/h1-16H,17H2,(H,31,35)/b22-15-. The number of rotatable bonds is 5. The van der Waals surface area contributed by atoms with Crippen molar-refractivity contribution in [2.75, 3.05) is 10.3 Å². The number of fused-ring (bicyclic) bond motifs is 1. The summed E-state index contributed by atoms with van der Waals surface area (Å²) in [5.74, 6) is -1.18. The number of aromatic nitrogens is 1. The number of nitrogens with zero attached hydrogens (tertiary/aromatic N) is 3. The molecule has 0 atom stereocenters. The van der Waals surface area contributed by atoms with Gasteiger partial charge in [0.05, 0.1) is 11.3 Å². The molecule has 2 heterocycles. The molecule has 0 saturated heterocycles. The number of carbonyl (C=O) groups is 2. The number of halogens is 3. The van der Waals surface area contributed by atoms with E-state index in [9.17, 15) is 22.8 Å². The Balaban J connectivity index is 1.52. The highest BCUT2D eigenvalue weighted by atomic mass is 19.4. The predicted molar refractivity (Wildman–Crippen MR) is 132 cm³/mol. The number of amides is 2. The number of hydrazone groups is 1. The zero-order valence-corrected chi connectivity index (χ0v) is 18.7. The zero-order valence-electron chi connectivity index (χ0n) is 18.7. The number of para-hydroxylation sites is 3. The first-order valence-electron chi connectivity index (χ1n) is 11.0. The van der Waals surface area contributed by atoms with E-state index in [-0.39, 0.29) is 18.1 Å². The lowest BCUT2D eigenvalue weighted by atomic mass is 10.1. The highest BCUT2D eigenvalue weighted by Crippen LogP contribution is 2.34. The second-order valence-corrected chi connectivity index (χ2v) is 8.10. The summed E-state index contributed by atoms with van der Waals surface area (Å²) in [7, 11) is 0. The number of carbonyl (C=O) groups excluding carboxylic acids is 2. The molecule has 0 fully saturated rings. The fourth-order valence-electron chi connectivity index (χ4n) is 4.05. The van der Waals surface area contributed by atoms with E-state index in [1.165, 1.54) is 18.2 Å². The van der Waals surface area contributed by atoms with Crippen molar-refractivity contribution in [3.8, 4) is 0 Å². The normalized spacial score (nSPS) is 15.0. The Morgan fingerprint density at radius 2 is 1.56 bits per heavy atom. The molecule has 1 N–H and O–H groups in total. The molecule has 6 nitrogen and oxygen atoms in total. The van der Waals surface area contributed by atoms with Crippen LogP contribution in [0.15, 0.2) is 102 Å². The van der Waals surface area contributed by atoms with E-state index < -0.39 is 23.4 Å². The van der Waals surface area contributed by atoms with Crippen molar-refractivity contribution < 1.29 is 22.8 Å². The minimum absolute atomic E-state index is 0.0666. The van der Waals surface area contributed by atoms with Gasteiger partial charge in [0.2, 0.25) is 5.91 Å². The third-order valence-electron chi connectivity index (χ3n) is 5.64. The molecule has 36 heavy (non-hydrogen) atoms. The average molecular weight is 488 g/mol. The summed E-state index contributed by atoms with van der Waals surface area (Å²) in [4.78, 5) is 25.7. The molecule has 3 aromatic carbocycles. The summed E-state index contributed by atoms with van der Waals surface area (Å²) < 4.78 is 43.2. The Kier molecular flexibility index (Phi) is 5.89. The van der Waals surface area contributed by atoms with Gasteiger partial charge in [-0.3, -0.25) is 9.59 Å². The van der Waals surface area contributed by atoms with E-state index in [2.05, 4.69) is 10.4 Å². The third kappa shape index (κ3) is 4.50. The first-order chi connectivity index (χ1) is 17.3. The molecule has 180 valence electrons. The van der Waals surface area contributed by atoms with Crippen molar-refractivity contribution in [3.05, 3.63) is 102 Å². The van der Waals surface area contributed by atoms with Crippen LogP contribution >= 0.6 is 0 Å². The molecular weight excluding hydrogens is 469 g/mol. The zero-order chi connectivity index (χ0) is 25.3. The van der Waals surface area contributed by atoms with E-state index in [4.69, 9.17) is 0 Å². The Morgan fingerprint density at radius 3 is 2.25 bits per heavy atom. The largest absolute Gasteiger partial charge is 0.435 e. The van der Waals surface area contributed by atoms with Gasteiger partial charge in [-0.15, -0.1) is 0 Å². The Labute approximate surface area is 204 Å². The Hall–Kier alpha value is -4.66. The quantitative estimate of drug-likeness (QED) is 0.370. The van der Waals surface area contributed by atoms with Gasteiger partial charge in [0.15, 0.2) is 5.71 Å². The fraction of sp³-hybridized carbons (Fsp3) is 0.0741. The maximum absolute atomic E-state index is 13.9. The number of benzene rings is 3. The molecule has 0 radical (unpaired) electrons. The third-order valence-corrected chi connectivity index (χ3v) is 5.64. The highest BCUT2D eigenvalue weighted by molar-refractivity contribution is 6.34. The van der Waals surface area contributed by atoms with E-state index in [1.54, 1.807) is 77.5 Å². The number of hydrogen-bond donors (Lipinski definition) is 1. The number of anilines is 2. The number of hydrogen-bond acceptors (Lipinski definition) is 3. The van der Waals surface area contributed by atoms with Gasteiger partial charge in [-0.05, 0) is 36.4 Å². The van der Waals surface area contributed by atoms with Crippen molar-refractivity contribution in [1.82, 2.24) is 4.57 Å². The van der Waals surface area contributed by atoms with Crippen LogP contribution in [0.25, 0.3) is 17.0 Å². The van der Waals surface area contributed by atoms with Crippen LogP contribution in [0.2, 0.25) is 0 Å². The molecule has 0 aliphatic carbocycles. The van der Waals surface area contributed by atoms with Crippen LogP contribution in [0.5, 0.6) is 0 Å². The average Bonchev–Trinajstić information content (AvgIpc) is 3.38. The van der Waals surface area contributed by atoms with Gasteiger partial charge in [0.1, 0.15) is 6.54 Å². The molecule has 5 rings (SSSR count). The van der Waals surface area contributed by atoms with Crippen LogP contribution in [-0.2, 0) is 16.1 Å². The van der Waals surface area contributed by atoms with Crippen LogP contribution in [0.1, 0.15) is 5.56 Å². The van der Waals surface area contributed by atoms with Crippen LogP contribution < -0.4 is 10.3 Å². The van der Waals surface area contributed by atoms with Crippen molar-refractivity contribution >= 4 is 45.9 Å². The second-order valence-electron chi connectivity index (χ2n) is 8.10. The van der Waals surface area contributed by atoms with Gasteiger partial charge < -0.3 is 9.88 Å². The molecule has 0 saturated carbocycles. The Morgan fingerprint density at radius 1 is 0.917 bits per heavy atom. The summed E-state index contributed by atoms with van der Waals surface area (Å²) in [5, 5.41) is 7.75. The molecule has 0 unspecified atom stereocenters. The summed E-state index contributed by atoms with van der Waals surface area (Å²) in [5.41, 5.74) is 0.0345. The smallest absolute Gasteiger partial charge is 0.337 e. The summed E-state index contributed by atoms with van der Waals surface area (Å²) in [6, 6.07) is 23.9. The first-order valence-corrected chi connectivity index (χ1v) is 11.0. The molecule has 1 aromatic heterocycles. The molecular formula is C27H19F3N4O2. The van der Waals surface area contributed by atoms with E-state index in [0.29, 0.717) is 22.2 Å². The maximum Gasteiger partial charge on any atom is 0.435 e. The first kappa shape index (κ1) is 23.1. The molecule has 0 spiro atoms. The highest BCUT2D eigenvalue weighted by Gasteiger charge is 2.46. The number of nitrogens with one attached hydrogen (secondary N) is 1. The van der Waals surface area contributed by atoms with Crippen molar-refractivity contribution in [1.29, 1.82) is 0 Å². The maximum atomic E-state index is 13.9. The van der Waals surface area contributed by atoms with Crippen molar-refractivity contribution in [3.63, 3.8) is 0 Å². The SMILES string of the molecule is O=C(Cn1cc(/C=C2\C(=O)N(c3ccccc3)N=C2C(F)(F)F)c2ccccc21)Nc1ccccc1. The molecule has 1 aliphatic rings. The van der Waals surface area contributed by atoms with E-state index >= 15 is 0 Å². The lowest BCUT2D eigenvalue weighted by Gasteiger charge is -2.10. The second kappa shape index (κ2) is 9.18. The van der Waals surface area contributed by atoms with Gasteiger partial charge in [0.25, 0.3) is 5.91 Å². The monoisotopic (exact) mass is 488 g/mol. The fourth-order valence-corrected chi connectivity index (χ4v) is 4.05. The van der Waals surface area contributed by atoms with Crippen molar-refractivity contribution in [2.24, 2.45) is 5.10 Å². The summed E-state index contributed by atoms with van der Waals surface area (Å²) in [6.45, 7) is -0.0666. The summed E-state index contributed by atoms with van der Waals surface area (Å²) in [6.07, 6.45) is -2.08.